The number of benzene rings is 1. The van der Waals surface area contributed by atoms with Crippen LogP contribution in [0, 0.1) is 12.8 Å². The van der Waals surface area contributed by atoms with E-state index in [0.29, 0.717) is 5.92 Å². The quantitative estimate of drug-likeness (QED) is 0.802. The molecule has 1 aromatic rings. The van der Waals surface area contributed by atoms with E-state index in [1.807, 2.05) is 13.8 Å². The van der Waals surface area contributed by atoms with Gasteiger partial charge in [0, 0.05) is 0 Å². The monoisotopic (exact) mass is 206 g/mol. The topological polar surface area (TPSA) is 20.2 Å². The lowest BCUT2D eigenvalue weighted by Gasteiger charge is -2.31. The van der Waals surface area contributed by atoms with Crippen molar-refractivity contribution in [1.29, 1.82) is 0 Å². The predicted molar refractivity (Wildman–Crippen MR) is 65.1 cm³/mol. The van der Waals surface area contributed by atoms with Gasteiger partial charge in [0.15, 0.2) is 0 Å². The maximum atomic E-state index is 9.97. The molecule has 1 nitrogen and oxygen atoms in total. The third-order valence-electron chi connectivity index (χ3n) is 3.47. The molecule has 0 aliphatic rings. The second-order valence-corrected chi connectivity index (χ2v) is 5.14. The summed E-state index contributed by atoms with van der Waals surface area (Å²) >= 11 is 0. The number of aryl methyl sites for hydroxylation is 1. The molecule has 0 aliphatic carbocycles. The lowest BCUT2D eigenvalue weighted by Crippen LogP contribution is -2.32. The van der Waals surface area contributed by atoms with Gasteiger partial charge in [-0.05, 0) is 38.2 Å². The lowest BCUT2D eigenvalue weighted by atomic mass is 9.79. The first kappa shape index (κ1) is 12.3. The van der Waals surface area contributed by atoms with Crippen LogP contribution >= 0.6 is 0 Å². The van der Waals surface area contributed by atoms with Gasteiger partial charge in [0.05, 0.1) is 5.60 Å². The molecule has 0 bridgehead atoms. The van der Waals surface area contributed by atoms with Crippen LogP contribution in [0.4, 0.5) is 0 Å². The molecule has 0 aliphatic heterocycles. The molecule has 0 radical (unpaired) electrons. The van der Waals surface area contributed by atoms with Crippen LogP contribution in [0.1, 0.15) is 44.7 Å². The first-order chi connectivity index (χ1) is 6.82. The molecular weight excluding hydrogens is 184 g/mol. The Balaban J connectivity index is 2.85. The summed E-state index contributed by atoms with van der Waals surface area (Å²) in [4.78, 5) is 0. The standard InChI is InChI=1S/C14H22O/c1-10-6-8-13(9-7-10)11(2)12(3)14(4,5)15/h6-9,11-12,15H,1-5H3/t11-,12-/m0/s1. The highest BCUT2D eigenvalue weighted by Crippen LogP contribution is 2.31. The van der Waals surface area contributed by atoms with Crippen molar-refractivity contribution in [3.8, 4) is 0 Å². The van der Waals surface area contributed by atoms with Gasteiger partial charge < -0.3 is 5.11 Å². The third kappa shape index (κ3) is 3.07. The highest BCUT2D eigenvalue weighted by Gasteiger charge is 2.28. The van der Waals surface area contributed by atoms with E-state index in [9.17, 15) is 5.11 Å². The fraction of sp³-hybridized carbons (Fsp3) is 0.571. The number of aliphatic hydroxyl groups is 1. The molecular formula is C14H22O. The van der Waals surface area contributed by atoms with Crippen molar-refractivity contribution >= 4 is 0 Å². The first-order valence-corrected chi connectivity index (χ1v) is 5.61. The van der Waals surface area contributed by atoms with E-state index < -0.39 is 5.60 Å². The third-order valence-corrected chi connectivity index (χ3v) is 3.47. The van der Waals surface area contributed by atoms with Crippen LogP contribution in [0.3, 0.4) is 0 Å². The molecule has 1 rings (SSSR count). The SMILES string of the molecule is Cc1ccc([C@@H](C)[C@H](C)C(C)(C)O)cc1. The minimum absolute atomic E-state index is 0.250. The Bertz CT molecular complexity index is 305. The zero-order chi connectivity index (χ0) is 11.6. The highest BCUT2D eigenvalue weighted by atomic mass is 16.3. The van der Waals surface area contributed by atoms with Crippen LogP contribution in [-0.4, -0.2) is 10.7 Å². The van der Waals surface area contributed by atoms with Crippen LogP contribution < -0.4 is 0 Å². The fourth-order valence-electron chi connectivity index (χ4n) is 1.77. The van der Waals surface area contributed by atoms with E-state index in [0.717, 1.165) is 0 Å². The normalized spacial score (nSPS) is 16.1. The smallest absolute Gasteiger partial charge is 0.0622 e. The number of hydrogen-bond acceptors (Lipinski definition) is 1. The maximum Gasteiger partial charge on any atom is 0.0622 e. The summed E-state index contributed by atoms with van der Waals surface area (Å²) in [5, 5.41) is 9.97. The average molecular weight is 206 g/mol. The molecule has 2 atom stereocenters. The molecule has 0 aromatic heterocycles. The molecule has 0 heterocycles. The number of hydrogen-bond donors (Lipinski definition) is 1. The summed E-state index contributed by atoms with van der Waals surface area (Å²) in [6.07, 6.45) is 0. The van der Waals surface area contributed by atoms with E-state index in [1.54, 1.807) is 0 Å². The van der Waals surface area contributed by atoms with Gasteiger partial charge >= 0.3 is 0 Å². The van der Waals surface area contributed by atoms with Gasteiger partial charge in [0.2, 0.25) is 0 Å². The van der Waals surface area contributed by atoms with Crippen LogP contribution in [0.5, 0.6) is 0 Å². The van der Waals surface area contributed by atoms with Gasteiger partial charge in [-0.15, -0.1) is 0 Å². The summed E-state index contributed by atoms with van der Waals surface area (Å²) in [5.74, 6) is 0.630. The summed E-state index contributed by atoms with van der Waals surface area (Å²) in [7, 11) is 0. The van der Waals surface area contributed by atoms with Gasteiger partial charge in [0.1, 0.15) is 0 Å². The van der Waals surface area contributed by atoms with E-state index in [2.05, 4.69) is 45.0 Å². The molecule has 0 fully saturated rings. The summed E-state index contributed by atoms with van der Waals surface area (Å²) in [6, 6.07) is 8.57. The van der Waals surface area contributed by atoms with Crippen molar-refractivity contribution in [1.82, 2.24) is 0 Å². The minimum atomic E-state index is -0.621. The molecule has 0 unspecified atom stereocenters. The van der Waals surface area contributed by atoms with Gasteiger partial charge in [-0.2, -0.15) is 0 Å². The maximum absolute atomic E-state index is 9.97. The second kappa shape index (κ2) is 4.36. The van der Waals surface area contributed by atoms with Crippen LogP contribution in [0.2, 0.25) is 0 Å². The molecule has 1 N–H and O–H groups in total. The van der Waals surface area contributed by atoms with E-state index in [1.165, 1.54) is 11.1 Å². The van der Waals surface area contributed by atoms with Crippen molar-refractivity contribution in [2.75, 3.05) is 0 Å². The average Bonchev–Trinajstić information content (AvgIpc) is 2.15. The second-order valence-electron chi connectivity index (χ2n) is 5.14. The Labute approximate surface area is 93.1 Å². The molecule has 0 saturated heterocycles. The highest BCUT2D eigenvalue weighted by molar-refractivity contribution is 5.24. The fourth-order valence-corrected chi connectivity index (χ4v) is 1.77. The lowest BCUT2D eigenvalue weighted by molar-refractivity contribution is 0.0153. The van der Waals surface area contributed by atoms with Gasteiger partial charge in [0.25, 0.3) is 0 Å². The summed E-state index contributed by atoms with van der Waals surface area (Å²) in [5.41, 5.74) is 1.96. The van der Waals surface area contributed by atoms with Crippen molar-refractivity contribution in [2.24, 2.45) is 5.92 Å². The largest absolute Gasteiger partial charge is 0.390 e. The molecule has 84 valence electrons. The molecule has 1 aromatic carbocycles. The molecule has 0 saturated carbocycles. The van der Waals surface area contributed by atoms with Crippen LogP contribution in [0.15, 0.2) is 24.3 Å². The molecule has 0 amide bonds. The summed E-state index contributed by atoms with van der Waals surface area (Å²) in [6.45, 7) is 10.1. The minimum Gasteiger partial charge on any atom is -0.390 e. The Morgan fingerprint density at radius 3 is 1.93 bits per heavy atom. The van der Waals surface area contributed by atoms with Crippen LogP contribution in [-0.2, 0) is 0 Å². The van der Waals surface area contributed by atoms with Gasteiger partial charge in [-0.3, -0.25) is 0 Å². The molecule has 1 heteroatoms. The number of rotatable bonds is 3. The zero-order valence-electron chi connectivity index (χ0n) is 10.4. The zero-order valence-corrected chi connectivity index (χ0v) is 10.4. The van der Waals surface area contributed by atoms with E-state index >= 15 is 0 Å². The van der Waals surface area contributed by atoms with E-state index in [4.69, 9.17) is 0 Å². The van der Waals surface area contributed by atoms with Gasteiger partial charge in [-0.25, -0.2) is 0 Å². The first-order valence-electron chi connectivity index (χ1n) is 5.61. The Kier molecular flexibility index (Phi) is 3.56. The predicted octanol–water partition coefficient (Wildman–Crippen LogP) is 3.51. The molecule has 0 spiro atoms. The Hall–Kier alpha value is -0.820. The Morgan fingerprint density at radius 2 is 1.53 bits per heavy atom. The van der Waals surface area contributed by atoms with Crippen molar-refractivity contribution in [3.63, 3.8) is 0 Å². The van der Waals surface area contributed by atoms with Crippen molar-refractivity contribution in [2.45, 2.75) is 46.1 Å². The van der Waals surface area contributed by atoms with Gasteiger partial charge in [-0.1, -0.05) is 43.7 Å². The van der Waals surface area contributed by atoms with Crippen molar-refractivity contribution in [3.05, 3.63) is 35.4 Å². The molecule has 15 heavy (non-hydrogen) atoms. The summed E-state index contributed by atoms with van der Waals surface area (Å²) < 4.78 is 0. The Morgan fingerprint density at radius 1 is 1.07 bits per heavy atom. The van der Waals surface area contributed by atoms with Crippen LogP contribution in [0.25, 0.3) is 0 Å². The van der Waals surface area contributed by atoms with E-state index in [-0.39, 0.29) is 5.92 Å². The van der Waals surface area contributed by atoms with Crippen molar-refractivity contribution < 1.29 is 5.11 Å².